The molecule has 0 aliphatic carbocycles. The number of hydrogen-bond donors (Lipinski definition) is 0. The second-order valence-electron chi connectivity index (χ2n) is 9.54. The molecule has 0 fully saturated rings. The van der Waals surface area contributed by atoms with Crippen LogP contribution in [0.3, 0.4) is 0 Å². The number of quaternary nitrogens is 1. The van der Waals surface area contributed by atoms with E-state index >= 15 is 0 Å². The summed E-state index contributed by atoms with van der Waals surface area (Å²) in [5.74, 6) is 0. The van der Waals surface area contributed by atoms with Gasteiger partial charge >= 0.3 is 0 Å². The Hall–Kier alpha value is -1.60. The van der Waals surface area contributed by atoms with Crippen LogP contribution in [0.4, 0.5) is 0 Å². The van der Waals surface area contributed by atoms with Crippen LogP contribution < -0.4 is 0 Å². The number of rotatable bonds is 18. The van der Waals surface area contributed by atoms with Gasteiger partial charge in [0.25, 0.3) is 0 Å². The Balaban J connectivity index is 2.05. The van der Waals surface area contributed by atoms with Crippen molar-refractivity contribution in [3.63, 3.8) is 0 Å². The van der Waals surface area contributed by atoms with Crippen LogP contribution in [0.15, 0.2) is 60.7 Å². The number of hydrogen-bond acceptors (Lipinski definition) is 0. The summed E-state index contributed by atoms with van der Waals surface area (Å²) in [6.07, 6.45) is 16.3. The van der Waals surface area contributed by atoms with Crippen molar-refractivity contribution in [1.82, 2.24) is 0 Å². The molecule has 0 saturated carbocycles. The Morgan fingerprint density at radius 2 is 0.839 bits per heavy atom. The van der Waals surface area contributed by atoms with Gasteiger partial charge in [-0.05, 0) is 36.8 Å². The fourth-order valence-corrected chi connectivity index (χ4v) is 4.79. The van der Waals surface area contributed by atoms with Crippen LogP contribution in [0.25, 0.3) is 0 Å². The van der Waals surface area contributed by atoms with Gasteiger partial charge in [-0.1, -0.05) is 113 Å². The molecule has 2 aromatic rings. The molecule has 2 aromatic carbocycles. The first kappa shape index (κ1) is 25.7. The average molecular weight is 423 g/mol. The lowest BCUT2D eigenvalue weighted by atomic mass is 10.0. The fraction of sp³-hybridized carbons (Fsp3) is 0.600. The molecular weight excluding hydrogens is 374 g/mol. The van der Waals surface area contributed by atoms with E-state index in [2.05, 4.69) is 74.5 Å². The molecule has 0 amide bonds. The highest BCUT2D eigenvalue weighted by atomic mass is 15.3. The summed E-state index contributed by atoms with van der Waals surface area (Å²) in [6, 6.07) is 22.3. The third kappa shape index (κ3) is 11.0. The van der Waals surface area contributed by atoms with Crippen LogP contribution in [0, 0.1) is 0 Å². The number of benzene rings is 2. The first-order valence-corrected chi connectivity index (χ1v) is 13.2. The van der Waals surface area contributed by atoms with E-state index in [0.717, 1.165) is 0 Å². The summed E-state index contributed by atoms with van der Waals surface area (Å²) >= 11 is 0. The van der Waals surface area contributed by atoms with Crippen LogP contribution in [-0.4, -0.2) is 30.7 Å². The SMILES string of the molecule is CCCCCCC[N+](CCCCCCC)(CCc1ccccc1)CCc1ccccc1. The van der Waals surface area contributed by atoms with E-state index in [1.165, 1.54) is 119 Å². The first-order chi connectivity index (χ1) is 15.3. The van der Waals surface area contributed by atoms with Crippen LogP contribution in [0.2, 0.25) is 0 Å². The Morgan fingerprint density at radius 1 is 0.452 bits per heavy atom. The van der Waals surface area contributed by atoms with Gasteiger partial charge in [0, 0.05) is 12.8 Å². The highest BCUT2D eigenvalue weighted by Crippen LogP contribution is 2.19. The number of unbranched alkanes of at least 4 members (excludes halogenated alkanes) is 8. The molecule has 0 N–H and O–H groups in total. The van der Waals surface area contributed by atoms with Gasteiger partial charge in [-0.2, -0.15) is 0 Å². The topological polar surface area (TPSA) is 0 Å². The largest absolute Gasteiger partial charge is 0.323 e. The summed E-state index contributed by atoms with van der Waals surface area (Å²) in [5.41, 5.74) is 3.00. The van der Waals surface area contributed by atoms with Crippen molar-refractivity contribution < 1.29 is 4.48 Å². The maximum absolute atomic E-state index is 2.32. The van der Waals surface area contributed by atoms with Gasteiger partial charge < -0.3 is 4.48 Å². The van der Waals surface area contributed by atoms with Crippen molar-refractivity contribution in [1.29, 1.82) is 0 Å². The maximum atomic E-state index is 2.32. The van der Waals surface area contributed by atoms with Gasteiger partial charge in [0.15, 0.2) is 0 Å². The smallest absolute Gasteiger partial charge is 0.0827 e. The zero-order chi connectivity index (χ0) is 22.0. The van der Waals surface area contributed by atoms with Gasteiger partial charge in [-0.3, -0.25) is 0 Å². The third-order valence-electron chi connectivity index (χ3n) is 6.91. The lowest BCUT2D eigenvalue weighted by Crippen LogP contribution is -2.52. The van der Waals surface area contributed by atoms with E-state index < -0.39 is 0 Å². The van der Waals surface area contributed by atoms with Crippen molar-refractivity contribution in [2.75, 3.05) is 26.2 Å². The van der Waals surface area contributed by atoms with E-state index in [0.29, 0.717) is 0 Å². The van der Waals surface area contributed by atoms with E-state index in [1.54, 1.807) is 0 Å². The fourth-order valence-electron chi connectivity index (χ4n) is 4.79. The predicted octanol–water partition coefficient (Wildman–Crippen LogP) is 8.23. The monoisotopic (exact) mass is 422 g/mol. The van der Waals surface area contributed by atoms with Gasteiger partial charge in [-0.25, -0.2) is 0 Å². The first-order valence-electron chi connectivity index (χ1n) is 13.2. The average Bonchev–Trinajstić information content (AvgIpc) is 2.82. The zero-order valence-electron chi connectivity index (χ0n) is 20.5. The summed E-state index contributed by atoms with van der Waals surface area (Å²) in [6.45, 7) is 9.93. The van der Waals surface area contributed by atoms with E-state index in [4.69, 9.17) is 0 Å². The number of nitrogens with zero attached hydrogens (tertiary/aromatic N) is 1. The lowest BCUT2D eigenvalue weighted by Gasteiger charge is -2.39. The Kier molecular flexibility index (Phi) is 13.3. The van der Waals surface area contributed by atoms with E-state index in [-0.39, 0.29) is 0 Å². The molecule has 0 aromatic heterocycles. The van der Waals surface area contributed by atoms with E-state index in [1.807, 2.05) is 0 Å². The molecule has 0 atom stereocenters. The van der Waals surface area contributed by atoms with Crippen LogP contribution >= 0.6 is 0 Å². The van der Waals surface area contributed by atoms with E-state index in [9.17, 15) is 0 Å². The van der Waals surface area contributed by atoms with Crippen molar-refractivity contribution in [2.45, 2.75) is 90.9 Å². The quantitative estimate of drug-likeness (QED) is 0.168. The zero-order valence-corrected chi connectivity index (χ0v) is 20.5. The van der Waals surface area contributed by atoms with Gasteiger partial charge in [-0.15, -0.1) is 0 Å². The van der Waals surface area contributed by atoms with Crippen molar-refractivity contribution in [2.24, 2.45) is 0 Å². The summed E-state index contributed by atoms with van der Waals surface area (Å²) in [7, 11) is 0. The highest BCUT2D eigenvalue weighted by molar-refractivity contribution is 5.15. The van der Waals surface area contributed by atoms with Gasteiger partial charge in [0.05, 0.1) is 26.2 Å². The molecule has 0 saturated heterocycles. The van der Waals surface area contributed by atoms with Gasteiger partial charge in [0.1, 0.15) is 0 Å². The molecule has 0 radical (unpaired) electrons. The molecule has 0 aliphatic rings. The standard InChI is InChI=1S/C30H48N/c1-3-5-7-9-17-25-31(26-18-10-8-6-4-2,27-23-29-19-13-11-14-20-29)28-24-30-21-15-12-16-22-30/h11-16,19-22H,3-10,17-18,23-28H2,1-2H3/q+1. The summed E-state index contributed by atoms with van der Waals surface area (Å²) in [5, 5.41) is 0. The minimum atomic E-state index is 1.21. The Labute approximate surface area is 193 Å². The normalized spacial score (nSPS) is 11.7. The molecule has 0 heterocycles. The Morgan fingerprint density at radius 3 is 1.23 bits per heavy atom. The predicted molar refractivity (Wildman–Crippen MR) is 138 cm³/mol. The van der Waals surface area contributed by atoms with Crippen molar-refractivity contribution >= 4 is 0 Å². The molecule has 1 heteroatoms. The van der Waals surface area contributed by atoms with Crippen LogP contribution in [0.5, 0.6) is 0 Å². The van der Waals surface area contributed by atoms with Crippen LogP contribution in [0.1, 0.15) is 89.2 Å². The van der Waals surface area contributed by atoms with Crippen molar-refractivity contribution in [3.05, 3.63) is 71.8 Å². The minimum Gasteiger partial charge on any atom is -0.323 e. The second-order valence-corrected chi connectivity index (χ2v) is 9.54. The second kappa shape index (κ2) is 16.1. The molecule has 2 rings (SSSR count). The molecule has 0 bridgehead atoms. The molecule has 1 nitrogen and oxygen atoms in total. The van der Waals surface area contributed by atoms with Crippen molar-refractivity contribution in [3.8, 4) is 0 Å². The molecule has 0 aliphatic heterocycles. The summed E-state index contributed by atoms with van der Waals surface area (Å²) in [4.78, 5) is 0. The Bertz CT molecular complexity index is 589. The third-order valence-corrected chi connectivity index (χ3v) is 6.91. The maximum Gasteiger partial charge on any atom is 0.0827 e. The molecule has 0 spiro atoms. The van der Waals surface area contributed by atoms with Gasteiger partial charge in [0.2, 0.25) is 0 Å². The molecule has 0 unspecified atom stereocenters. The molecule has 31 heavy (non-hydrogen) atoms. The molecule has 172 valence electrons. The highest BCUT2D eigenvalue weighted by Gasteiger charge is 2.26. The minimum absolute atomic E-state index is 1.21. The molecular formula is C30H48N+. The summed E-state index contributed by atoms with van der Waals surface area (Å²) < 4.78 is 1.31. The lowest BCUT2D eigenvalue weighted by molar-refractivity contribution is -0.928. The van der Waals surface area contributed by atoms with Crippen LogP contribution in [-0.2, 0) is 12.8 Å².